The molecule has 0 unspecified atom stereocenters. The largest absolute Gasteiger partial charge is 0.371 e. The van der Waals surface area contributed by atoms with E-state index in [2.05, 4.69) is 19.3 Å². The van der Waals surface area contributed by atoms with Crippen molar-refractivity contribution in [3.05, 3.63) is 0 Å². The van der Waals surface area contributed by atoms with Crippen molar-refractivity contribution in [2.45, 2.75) is 168 Å². The van der Waals surface area contributed by atoms with Crippen molar-refractivity contribution in [2.24, 2.45) is 0 Å². The van der Waals surface area contributed by atoms with Crippen molar-refractivity contribution in [2.75, 3.05) is 6.54 Å². The molecule has 3 nitrogen and oxygen atoms in total. The molecule has 0 rings (SSSR count). The lowest BCUT2D eigenvalue weighted by molar-refractivity contribution is -0.151. The second kappa shape index (κ2) is 27.5. The van der Waals surface area contributed by atoms with Crippen LogP contribution in [0.25, 0.3) is 0 Å². The van der Waals surface area contributed by atoms with E-state index in [9.17, 15) is 4.79 Å². The van der Waals surface area contributed by atoms with Crippen LogP contribution in [0.3, 0.4) is 0 Å². The average Bonchev–Trinajstić information content (AvgIpc) is 2.77. The van der Waals surface area contributed by atoms with Gasteiger partial charge in [0.15, 0.2) is 0 Å². The highest BCUT2D eigenvalue weighted by Crippen LogP contribution is 2.13. The average molecular weight is 440 g/mol. The molecule has 186 valence electrons. The maximum atomic E-state index is 11.7. The van der Waals surface area contributed by atoms with Crippen LogP contribution in [0, 0.1) is 0 Å². The van der Waals surface area contributed by atoms with Gasteiger partial charge in [-0.05, 0) is 12.8 Å². The zero-order chi connectivity index (χ0) is 22.7. The highest BCUT2D eigenvalue weighted by atomic mass is 16.7. The normalized spacial score (nSPS) is 11.2. The van der Waals surface area contributed by atoms with Gasteiger partial charge in [0, 0.05) is 13.0 Å². The smallest absolute Gasteiger partial charge is 0.324 e. The summed E-state index contributed by atoms with van der Waals surface area (Å²) < 4.78 is 0. The molecule has 0 fully saturated rings. The summed E-state index contributed by atoms with van der Waals surface area (Å²) in [7, 11) is 0. The van der Waals surface area contributed by atoms with Gasteiger partial charge in [-0.25, -0.2) is 0 Å². The Morgan fingerprint density at radius 1 is 0.484 bits per heavy atom. The molecule has 0 aromatic heterocycles. The van der Waals surface area contributed by atoms with Gasteiger partial charge in [0.1, 0.15) is 0 Å². The van der Waals surface area contributed by atoms with E-state index in [1.807, 2.05) is 0 Å². The van der Waals surface area contributed by atoms with Gasteiger partial charge in [0.2, 0.25) is 0 Å². The highest BCUT2D eigenvalue weighted by Gasteiger charge is 2.02. The van der Waals surface area contributed by atoms with Crippen molar-refractivity contribution in [3.8, 4) is 0 Å². The van der Waals surface area contributed by atoms with Gasteiger partial charge in [-0.3, -0.25) is 4.79 Å². The molecule has 0 aliphatic heterocycles. The summed E-state index contributed by atoms with van der Waals surface area (Å²) in [6.45, 7) is 5.32. The first-order chi connectivity index (χ1) is 15.3. The van der Waals surface area contributed by atoms with E-state index in [0.717, 1.165) is 25.8 Å². The molecule has 0 heterocycles. The predicted octanol–water partition coefficient (Wildman–Crippen LogP) is 9.44. The molecule has 0 spiro atoms. The van der Waals surface area contributed by atoms with Crippen LogP contribution in [0.2, 0.25) is 0 Å². The summed E-state index contributed by atoms with van der Waals surface area (Å²) in [6.07, 6.45) is 31.3. The molecule has 0 saturated carbocycles. The Bertz CT molecular complexity index is 346. The zero-order valence-electron chi connectivity index (χ0n) is 21.5. The van der Waals surface area contributed by atoms with Gasteiger partial charge in [0.05, 0.1) is 0 Å². The SMILES string of the molecule is CCCCCCCCCCCCCCCCCCNOC(=O)CCCCCCCCC. The molecule has 0 radical (unpaired) electrons. The molecule has 0 aromatic rings. The van der Waals surface area contributed by atoms with E-state index in [1.165, 1.54) is 128 Å². The van der Waals surface area contributed by atoms with Crippen LogP contribution in [0.4, 0.5) is 0 Å². The molecular formula is C28H57NO2. The van der Waals surface area contributed by atoms with E-state index >= 15 is 0 Å². The summed E-state index contributed by atoms with van der Waals surface area (Å²) >= 11 is 0. The summed E-state index contributed by atoms with van der Waals surface area (Å²) in [6, 6.07) is 0. The number of rotatable bonds is 26. The van der Waals surface area contributed by atoms with Crippen LogP contribution in [-0.2, 0) is 9.63 Å². The number of carbonyl (C=O) groups excluding carboxylic acids is 1. The van der Waals surface area contributed by atoms with Gasteiger partial charge in [-0.2, -0.15) is 5.48 Å². The molecule has 3 heteroatoms. The number of unbranched alkanes of at least 4 members (excludes halogenated alkanes) is 21. The Morgan fingerprint density at radius 2 is 0.806 bits per heavy atom. The first kappa shape index (κ1) is 30.4. The maximum Gasteiger partial charge on any atom is 0.324 e. The van der Waals surface area contributed by atoms with Crippen molar-refractivity contribution >= 4 is 5.97 Å². The molecule has 31 heavy (non-hydrogen) atoms. The predicted molar refractivity (Wildman–Crippen MR) is 136 cm³/mol. The van der Waals surface area contributed by atoms with Gasteiger partial charge < -0.3 is 4.84 Å². The third-order valence-corrected chi connectivity index (χ3v) is 6.30. The Balaban J connectivity index is 3.11. The molecule has 1 N–H and O–H groups in total. The quantitative estimate of drug-likeness (QED) is 0.108. The van der Waals surface area contributed by atoms with Gasteiger partial charge >= 0.3 is 5.97 Å². The zero-order valence-corrected chi connectivity index (χ0v) is 21.5. The van der Waals surface area contributed by atoms with Crippen LogP contribution in [0.15, 0.2) is 0 Å². The van der Waals surface area contributed by atoms with Crippen molar-refractivity contribution < 1.29 is 9.63 Å². The minimum Gasteiger partial charge on any atom is -0.371 e. The maximum absolute atomic E-state index is 11.7. The summed E-state index contributed by atoms with van der Waals surface area (Å²) in [5.41, 5.74) is 2.85. The molecule has 0 aliphatic carbocycles. The van der Waals surface area contributed by atoms with Crippen LogP contribution in [0.1, 0.15) is 168 Å². The monoisotopic (exact) mass is 439 g/mol. The minimum atomic E-state index is -0.0925. The molecule has 0 atom stereocenters. The fraction of sp³-hybridized carbons (Fsp3) is 0.964. The number of hydrogen-bond donors (Lipinski definition) is 1. The van der Waals surface area contributed by atoms with Crippen molar-refractivity contribution in [1.29, 1.82) is 0 Å². The summed E-state index contributed by atoms with van der Waals surface area (Å²) in [5.74, 6) is -0.0925. The highest BCUT2D eigenvalue weighted by molar-refractivity contribution is 5.68. The van der Waals surface area contributed by atoms with Gasteiger partial charge in [-0.1, -0.05) is 149 Å². The summed E-state index contributed by atoms with van der Waals surface area (Å²) in [4.78, 5) is 16.8. The third-order valence-electron chi connectivity index (χ3n) is 6.30. The van der Waals surface area contributed by atoms with E-state index in [1.54, 1.807) is 0 Å². The Labute approximate surface area is 195 Å². The fourth-order valence-corrected chi connectivity index (χ4v) is 4.15. The van der Waals surface area contributed by atoms with E-state index in [-0.39, 0.29) is 5.97 Å². The number of hydroxylamine groups is 1. The molecular weight excluding hydrogens is 382 g/mol. The first-order valence-corrected chi connectivity index (χ1v) is 14.2. The fourth-order valence-electron chi connectivity index (χ4n) is 4.15. The minimum absolute atomic E-state index is 0.0925. The van der Waals surface area contributed by atoms with Gasteiger partial charge in [-0.15, -0.1) is 0 Å². The second-order valence-corrected chi connectivity index (χ2v) is 9.54. The van der Waals surface area contributed by atoms with Crippen molar-refractivity contribution in [3.63, 3.8) is 0 Å². The Hall–Kier alpha value is -0.570. The molecule has 0 saturated heterocycles. The van der Waals surface area contributed by atoms with Crippen LogP contribution < -0.4 is 5.48 Å². The standard InChI is InChI=1S/C28H57NO2/c1-3-5-7-9-11-12-13-14-15-16-17-18-19-21-23-25-27-29-31-28(30)26-24-22-20-10-8-6-4-2/h29H,3-27H2,1-2H3. The second-order valence-electron chi connectivity index (χ2n) is 9.54. The lowest BCUT2D eigenvalue weighted by Crippen LogP contribution is -2.20. The van der Waals surface area contributed by atoms with E-state index < -0.39 is 0 Å². The van der Waals surface area contributed by atoms with E-state index in [0.29, 0.717) is 6.42 Å². The lowest BCUT2D eigenvalue weighted by Gasteiger charge is -2.06. The van der Waals surface area contributed by atoms with Crippen molar-refractivity contribution in [1.82, 2.24) is 5.48 Å². The first-order valence-electron chi connectivity index (χ1n) is 14.2. The van der Waals surface area contributed by atoms with Crippen LogP contribution in [0.5, 0.6) is 0 Å². The van der Waals surface area contributed by atoms with Crippen LogP contribution >= 0.6 is 0 Å². The Morgan fingerprint density at radius 3 is 1.19 bits per heavy atom. The molecule has 0 amide bonds. The number of carbonyl (C=O) groups is 1. The van der Waals surface area contributed by atoms with E-state index in [4.69, 9.17) is 4.84 Å². The number of nitrogens with one attached hydrogen (secondary N) is 1. The van der Waals surface area contributed by atoms with Gasteiger partial charge in [0.25, 0.3) is 0 Å². The topological polar surface area (TPSA) is 38.3 Å². The molecule has 0 bridgehead atoms. The third kappa shape index (κ3) is 27.4. The van der Waals surface area contributed by atoms with Crippen LogP contribution in [-0.4, -0.2) is 12.5 Å². The molecule has 0 aromatic carbocycles. The summed E-state index contributed by atoms with van der Waals surface area (Å²) in [5, 5.41) is 0. The Kier molecular flexibility index (Phi) is 27.0. The lowest BCUT2D eigenvalue weighted by atomic mass is 10.0. The molecule has 0 aliphatic rings. The number of hydrogen-bond acceptors (Lipinski definition) is 3.